The van der Waals surface area contributed by atoms with Crippen LogP contribution in [0.5, 0.6) is 0 Å². The molecule has 0 saturated heterocycles. The first kappa shape index (κ1) is 13.2. The molecule has 1 aromatic carbocycles. The molecular formula is C11H5FN4O4. The Morgan fingerprint density at radius 1 is 1.55 bits per heavy atom. The van der Waals surface area contributed by atoms with Crippen LogP contribution in [-0.2, 0) is 0 Å². The molecule has 0 aliphatic heterocycles. The number of nitro groups is 1. The third-order valence-corrected chi connectivity index (χ3v) is 2.42. The molecule has 1 heterocycles. The Morgan fingerprint density at radius 2 is 2.25 bits per heavy atom. The Balaban J connectivity index is 2.60. The summed E-state index contributed by atoms with van der Waals surface area (Å²) in [4.78, 5) is 20.6. The molecule has 0 amide bonds. The van der Waals surface area contributed by atoms with E-state index >= 15 is 0 Å². The normalized spacial score (nSPS) is 10.0. The Morgan fingerprint density at radius 3 is 2.70 bits per heavy atom. The third kappa shape index (κ3) is 2.17. The topological polar surface area (TPSA) is 122 Å². The molecule has 0 radical (unpaired) electrons. The minimum absolute atomic E-state index is 0.0614. The lowest BCUT2D eigenvalue weighted by Crippen LogP contribution is -2.03. The SMILES string of the molecule is N#Cc1ccc(-n2cc([N+](=O)[O-])c(C(=O)O)n2)c(F)c1. The summed E-state index contributed by atoms with van der Waals surface area (Å²) in [5.41, 5.74) is -1.68. The maximum atomic E-state index is 13.7. The van der Waals surface area contributed by atoms with Gasteiger partial charge < -0.3 is 5.11 Å². The van der Waals surface area contributed by atoms with Gasteiger partial charge in [-0.15, -0.1) is 0 Å². The summed E-state index contributed by atoms with van der Waals surface area (Å²) in [7, 11) is 0. The van der Waals surface area contributed by atoms with Gasteiger partial charge in [0.25, 0.3) is 0 Å². The Bertz CT molecular complexity index is 731. The highest BCUT2D eigenvalue weighted by atomic mass is 19.1. The van der Waals surface area contributed by atoms with Crippen molar-refractivity contribution in [2.45, 2.75) is 0 Å². The molecule has 1 N–H and O–H groups in total. The van der Waals surface area contributed by atoms with Crippen LogP contribution in [0.15, 0.2) is 24.4 Å². The monoisotopic (exact) mass is 276 g/mol. The number of aromatic nitrogens is 2. The van der Waals surface area contributed by atoms with Crippen molar-refractivity contribution in [2.75, 3.05) is 0 Å². The maximum Gasteiger partial charge on any atom is 0.363 e. The number of nitrogens with zero attached hydrogens (tertiary/aromatic N) is 4. The number of carboxylic acids is 1. The van der Waals surface area contributed by atoms with Gasteiger partial charge in [0.2, 0.25) is 5.69 Å². The predicted octanol–water partition coefficient (Wildman–Crippen LogP) is 1.49. The Hall–Kier alpha value is -3.28. The van der Waals surface area contributed by atoms with E-state index in [1.165, 1.54) is 12.1 Å². The molecule has 2 aromatic rings. The number of nitriles is 1. The molecule has 1 aromatic heterocycles. The van der Waals surface area contributed by atoms with Crippen LogP contribution in [0.2, 0.25) is 0 Å². The second kappa shape index (κ2) is 4.77. The molecule has 0 unspecified atom stereocenters. The number of hydrogen-bond acceptors (Lipinski definition) is 5. The largest absolute Gasteiger partial charge is 0.476 e. The Kier molecular flexibility index (Phi) is 3.14. The smallest absolute Gasteiger partial charge is 0.363 e. The van der Waals surface area contributed by atoms with E-state index < -0.39 is 28.1 Å². The molecule has 100 valence electrons. The lowest BCUT2D eigenvalue weighted by atomic mass is 10.2. The fourth-order valence-corrected chi connectivity index (χ4v) is 1.54. The van der Waals surface area contributed by atoms with Gasteiger partial charge in [0.1, 0.15) is 17.7 Å². The highest BCUT2D eigenvalue weighted by Gasteiger charge is 2.26. The average molecular weight is 276 g/mol. The number of halogens is 1. The minimum Gasteiger partial charge on any atom is -0.476 e. The van der Waals surface area contributed by atoms with E-state index in [2.05, 4.69) is 5.10 Å². The lowest BCUT2D eigenvalue weighted by molar-refractivity contribution is -0.385. The minimum atomic E-state index is -1.59. The molecule has 0 atom stereocenters. The van der Waals surface area contributed by atoms with Crippen molar-refractivity contribution in [3.05, 3.63) is 51.6 Å². The van der Waals surface area contributed by atoms with Crippen LogP contribution in [-0.4, -0.2) is 25.8 Å². The second-order valence-electron chi connectivity index (χ2n) is 3.65. The highest BCUT2D eigenvalue weighted by Crippen LogP contribution is 2.21. The summed E-state index contributed by atoms with van der Waals surface area (Å²) in [6.07, 6.45) is 0.800. The average Bonchev–Trinajstić information content (AvgIpc) is 2.83. The first-order chi connectivity index (χ1) is 9.43. The van der Waals surface area contributed by atoms with Gasteiger partial charge in [-0.1, -0.05) is 0 Å². The van der Waals surface area contributed by atoms with Crippen molar-refractivity contribution in [3.8, 4) is 11.8 Å². The summed E-state index contributed by atoms with van der Waals surface area (Å²) < 4.78 is 14.5. The van der Waals surface area contributed by atoms with Crippen LogP contribution in [0, 0.1) is 27.3 Å². The van der Waals surface area contributed by atoms with E-state index in [9.17, 15) is 19.3 Å². The lowest BCUT2D eigenvalue weighted by Gasteiger charge is -2.02. The fraction of sp³-hybridized carbons (Fsp3) is 0. The van der Waals surface area contributed by atoms with Gasteiger partial charge in [0, 0.05) is 0 Å². The first-order valence-corrected chi connectivity index (χ1v) is 5.11. The van der Waals surface area contributed by atoms with Gasteiger partial charge in [0.15, 0.2) is 0 Å². The number of rotatable bonds is 3. The molecule has 2 rings (SSSR count). The van der Waals surface area contributed by atoms with Gasteiger partial charge in [-0.25, -0.2) is 13.9 Å². The fourth-order valence-electron chi connectivity index (χ4n) is 1.54. The van der Waals surface area contributed by atoms with E-state index in [0.717, 1.165) is 16.9 Å². The molecule has 9 heteroatoms. The zero-order chi connectivity index (χ0) is 14.9. The van der Waals surface area contributed by atoms with E-state index in [1.807, 2.05) is 0 Å². The van der Waals surface area contributed by atoms with E-state index in [-0.39, 0.29) is 11.3 Å². The summed E-state index contributed by atoms with van der Waals surface area (Å²) in [5, 5.41) is 31.6. The molecule has 0 aliphatic rings. The number of benzene rings is 1. The number of carboxylic acid groups (broad SMARTS) is 1. The van der Waals surface area contributed by atoms with Crippen LogP contribution in [0.3, 0.4) is 0 Å². The molecular weight excluding hydrogens is 271 g/mol. The number of aromatic carboxylic acids is 1. The van der Waals surface area contributed by atoms with Crippen LogP contribution < -0.4 is 0 Å². The number of carbonyl (C=O) groups is 1. The molecule has 20 heavy (non-hydrogen) atoms. The standard InChI is InChI=1S/C11H5FN4O4/c12-7-3-6(4-13)1-2-8(7)15-5-9(16(19)20)10(14-15)11(17)18/h1-3,5H,(H,17,18). The van der Waals surface area contributed by atoms with Crippen molar-refractivity contribution >= 4 is 11.7 Å². The van der Waals surface area contributed by atoms with Crippen LogP contribution in [0.4, 0.5) is 10.1 Å². The van der Waals surface area contributed by atoms with Crippen LogP contribution in [0.25, 0.3) is 5.69 Å². The quantitative estimate of drug-likeness (QED) is 0.669. The van der Waals surface area contributed by atoms with Crippen molar-refractivity contribution in [3.63, 3.8) is 0 Å². The van der Waals surface area contributed by atoms with Crippen LogP contribution >= 0.6 is 0 Å². The van der Waals surface area contributed by atoms with E-state index in [0.29, 0.717) is 0 Å². The summed E-state index contributed by atoms with van der Waals surface area (Å²) in [6, 6.07) is 5.11. The molecule has 0 fully saturated rings. The van der Waals surface area contributed by atoms with Crippen molar-refractivity contribution in [2.24, 2.45) is 0 Å². The van der Waals surface area contributed by atoms with Gasteiger partial charge >= 0.3 is 11.7 Å². The Labute approximate surface area is 110 Å². The van der Waals surface area contributed by atoms with Crippen molar-refractivity contribution in [1.29, 1.82) is 5.26 Å². The molecule has 0 spiro atoms. The zero-order valence-corrected chi connectivity index (χ0v) is 9.65. The molecule has 8 nitrogen and oxygen atoms in total. The summed E-state index contributed by atoms with van der Waals surface area (Å²) in [6.45, 7) is 0. The van der Waals surface area contributed by atoms with Gasteiger partial charge in [-0.3, -0.25) is 10.1 Å². The highest BCUT2D eigenvalue weighted by molar-refractivity contribution is 5.89. The third-order valence-electron chi connectivity index (χ3n) is 2.42. The molecule has 0 aliphatic carbocycles. The molecule has 0 bridgehead atoms. The molecule has 0 saturated carbocycles. The van der Waals surface area contributed by atoms with Gasteiger partial charge in [-0.2, -0.15) is 10.4 Å². The van der Waals surface area contributed by atoms with E-state index in [1.54, 1.807) is 6.07 Å². The summed E-state index contributed by atoms with van der Waals surface area (Å²) in [5.74, 6) is -2.44. The zero-order valence-electron chi connectivity index (χ0n) is 9.65. The van der Waals surface area contributed by atoms with Crippen LogP contribution in [0.1, 0.15) is 16.1 Å². The van der Waals surface area contributed by atoms with Crippen molar-refractivity contribution in [1.82, 2.24) is 9.78 Å². The van der Waals surface area contributed by atoms with Gasteiger partial charge in [0.05, 0.1) is 16.6 Å². The van der Waals surface area contributed by atoms with E-state index in [4.69, 9.17) is 10.4 Å². The summed E-state index contributed by atoms with van der Waals surface area (Å²) >= 11 is 0. The second-order valence-corrected chi connectivity index (χ2v) is 3.65. The first-order valence-electron chi connectivity index (χ1n) is 5.11. The predicted molar refractivity (Wildman–Crippen MR) is 61.9 cm³/mol. The van der Waals surface area contributed by atoms with Crippen molar-refractivity contribution < 1.29 is 19.2 Å². The van der Waals surface area contributed by atoms with Gasteiger partial charge in [-0.05, 0) is 18.2 Å². The maximum absolute atomic E-state index is 13.7. The number of hydrogen-bond donors (Lipinski definition) is 1.